The van der Waals surface area contributed by atoms with Crippen LogP contribution in [-0.4, -0.2) is 23.3 Å². The van der Waals surface area contributed by atoms with Gasteiger partial charge in [0.15, 0.2) is 11.5 Å². The molecule has 0 spiro atoms. The molecule has 0 N–H and O–H groups in total. The monoisotopic (exact) mass is 444 g/mol. The van der Waals surface area contributed by atoms with Crippen molar-refractivity contribution in [3.63, 3.8) is 0 Å². The highest BCUT2D eigenvalue weighted by atomic mass is 35.5. The van der Waals surface area contributed by atoms with E-state index in [1.54, 1.807) is 17.5 Å². The third-order valence-electron chi connectivity index (χ3n) is 3.96. The number of pyridine rings is 1. The molecule has 0 radical (unpaired) electrons. The first-order valence-electron chi connectivity index (χ1n) is 8.45. The maximum atomic E-state index is 13.0. The number of hydrogen-bond donors (Lipinski definition) is 0. The van der Waals surface area contributed by atoms with Gasteiger partial charge in [-0.2, -0.15) is 13.2 Å². The van der Waals surface area contributed by atoms with E-state index in [-0.39, 0.29) is 6.54 Å². The quantitative estimate of drug-likeness (QED) is 0.531. The minimum atomic E-state index is -4.61. The van der Waals surface area contributed by atoms with Gasteiger partial charge in [-0.3, -0.25) is 4.79 Å². The van der Waals surface area contributed by atoms with Crippen LogP contribution >= 0.6 is 22.9 Å². The Hall–Kier alpha value is -2.52. The van der Waals surface area contributed by atoms with Gasteiger partial charge in [-0.25, -0.2) is 4.98 Å². The Morgan fingerprint density at radius 2 is 2.00 bits per heavy atom. The van der Waals surface area contributed by atoms with E-state index in [1.165, 1.54) is 18.4 Å². The predicted molar refractivity (Wildman–Crippen MR) is 105 cm³/mol. The van der Waals surface area contributed by atoms with E-state index in [2.05, 4.69) is 4.98 Å². The summed E-state index contributed by atoms with van der Waals surface area (Å²) in [5, 5.41) is 1.82. The number of methoxy groups -OCH3 is 1. The van der Waals surface area contributed by atoms with Gasteiger partial charge in [0.1, 0.15) is 10.0 Å². The van der Waals surface area contributed by atoms with Crippen molar-refractivity contribution in [1.82, 2.24) is 9.55 Å². The summed E-state index contributed by atoms with van der Waals surface area (Å²) in [5.74, 6) is 1.14. The molecule has 154 valence electrons. The smallest absolute Gasteiger partial charge is 0.417 e. The van der Waals surface area contributed by atoms with Gasteiger partial charge >= 0.3 is 6.18 Å². The molecular formula is C19H16ClF3N2O3S. The zero-order chi connectivity index (χ0) is 21.2. The van der Waals surface area contributed by atoms with Gasteiger partial charge < -0.3 is 14.0 Å². The molecule has 0 amide bonds. The number of ether oxygens (including phenoxy) is 2. The number of benzene rings is 1. The van der Waals surface area contributed by atoms with Crippen molar-refractivity contribution >= 4 is 22.9 Å². The number of alkyl halides is 3. The molecule has 3 aromatic rings. The topological polar surface area (TPSA) is 53.4 Å². The zero-order valence-corrected chi connectivity index (χ0v) is 17.0. The molecule has 10 heteroatoms. The molecule has 1 aromatic carbocycles. The van der Waals surface area contributed by atoms with Crippen LogP contribution in [0.4, 0.5) is 13.2 Å². The molecule has 0 fully saturated rings. The Morgan fingerprint density at radius 1 is 1.24 bits per heavy atom. The normalized spacial score (nSPS) is 11.5. The molecule has 0 bridgehead atoms. The second kappa shape index (κ2) is 8.46. The lowest BCUT2D eigenvalue weighted by molar-refractivity contribution is -0.138. The largest absolute Gasteiger partial charge is 0.493 e. The second-order valence-electron chi connectivity index (χ2n) is 5.95. The van der Waals surface area contributed by atoms with E-state index < -0.39 is 22.3 Å². The van der Waals surface area contributed by atoms with Crippen molar-refractivity contribution in [3.05, 3.63) is 62.5 Å². The van der Waals surface area contributed by atoms with E-state index >= 15 is 0 Å². The summed E-state index contributed by atoms with van der Waals surface area (Å²) in [6, 6.07) is 5.96. The molecular weight excluding hydrogens is 429 g/mol. The summed E-state index contributed by atoms with van der Waals surface area (Å²) in [6.07, 6.45) is -3.86. The Bertz CT molecular complexity index is 1080. The number of halogens is 4. The van der Waals surface area contributed by atoms with E-state index in [0.717, 1.165) is 16.3 Å². The van der Waals surface area contributed by atoms with Crippen LogP contribution in [0.1, 0.15) is 18.2 Å². The van der Waals surface area contributed by atoms with E-state index in [4.69, 9.17) is 21.1 Å². The van der Waals surface area contributed by atoms with Gasteiger partial charge in [0.2, 0.25) is 0 Å². The van der Waals surface area contributed by atoms with Gasteiger partial charge in [-0.05, 0) is 31.2 Å². The number of aromatic nitrogens is 2. The van der Waals surface area contributed by atoms with Gasteiger partial charge in [0.25, 0.3) is 5.56 Å². The van der Waals surface area contributed by atoms with Gasteiger partial charge in [-0.1, -0.05) is 11.6 Å². The minimum absolute atomic E-state index is 0.132. The van der Waals surface area contributed by atoms with Crippen molar-refractivity contribution in [2.24, 2.45) is 0 Å². The van der Waals surface area contributed by atoms with E-state index in [1.807, 2.05) is 13.0 Å². The van der Waals surface area contributed by atoms with Gasteiger partial charge in [-0.15, -0.1) is 11.3 Å². The minimum Gasteiger partial charge on any atom is -0.493 e. The Labute approximate surface area is 173 Å². The highest BCUT2D eigenvalue weighted by molar-refractivity contribution is 7.13. The number of rotatable bonds is 6. The molecule has 0 aliphatic heterocycles. The fourth-order valence-corrected chi connectivity index (χ4v) is 3.67. The fraction of sp³-hybridized carbons (Fsp3) is 0.263. The maximum absolute atomic E-state index is 13.0. The molecule has 0 atom stereocenters. The van der Waals surface area contributed by atoms with Crippen LogP contribution in [0.2, 0.25) is 5.02 Å². The fourth-order valence-electron chi connectivity index (χ4n) is 2.63. The van der Waals surface area contributed by atoms with E-state index in [0.29, 0.717) is 34.9 Å². The van der Waals surface area contributed by atoms with Gasteiger partial charge in [0.05, 0.1) is 31.5 Å². The maximum Gasteiger partial charge on any atom is 0.417 e. The Kier molecular flexibility index (Phi) is 6.18. The van der Waals surface area contributed by atoms with Crippen molar-refractivity contribution in [1.29, 1.82) is 0 Å². The molecule has 2 aromatic heterocycles. The first-order chi connectivity index (χ1) is 13.7. The lowest BCUT2D eigenvalue weighted by atomic mass is 10.2. The third-order valence-corrected chi connectivity index (χ3v) is 5.18. The average Bonchev–Trinajstić information content (AvgIpc) is 3.13. The molecule has 2 heterocycles. The molecule has 3 rings (SSSR count). The Balaban J connectivity index is 1.90. The van der Waals surface area contributed by atoms with Crippen LogP contribution in [0.5, 0.6) is 11.5 Å². The summed E-state index contributed by atoms with van der Waals surface area (Å²) in [6.45, 7) is 2.22. The van der Waals surface area contributed by atoms with Crippen LogP contribution in [0.15, 0.2) is 40.6 Å². The van der Waals surface area contributed by atoms with Crippen LogP contribution in [-0.2, 0) is 12.7 Å². The second-order valence-corrected chi connectivity index (χ2v) is 7.22. The summed E-state index contributed by atoms with van der Waals surface area (Å²) >= 11 is 6.99. The van der Waals surface area contributed by atoms with Crippen LogP contribution in [0.3, 0.4) is 0 Å². The standard InChI is InChI=1S/C19H16ClF3N2O3S/c1-3-28-15-5-4-11(6-16(15)27-2)17-24-13(10-29-17)9-25-8-12(19(21,22)23)7-14(20)18(25)26/h4-8,10H,3,9H2,1-2H3. The lowest BCUT2D eigenvalue weighted by Crippen LogP contribution is -2.23. The van der Waals surface area contributed by atoms with E-state index in [9.17, 15) is 18.0 Å². The summed E-state index contributed by atoms with van der Waals surface area (Å²) in [4.78, 5) is 16.5. The molecule has 5 nitrogen and oxygen atoms in total. The van der Waals surface area contributed by atoms with Crippen molar-refractivity contribution in [2.75, 3.05) is 13.7 Å². The number of hydrogen-bond acceptors (Lipinski definition) is 5. The van der Waals surface area contributed by atoms with Crippen molar-refractivity contribution in [2.45, 2.75) is 19.6 Å². The molecule has 0 aliphatic carbocycles. The van der Waals surface area contributed by atoms with Crippen LogP contribution < -0.4 is 15.0 Å². The zero-order valence-electron chi connectivity index (χ0n) is 15.4. The summed E-state index contributed by atoms with van der Waals surface area (Å²) < 4.78 is 50.7. The highest BCUT2D eigenvalue weighted by Crippen LogP contribution is 2.34. The SMILES string of the molecule is CCOc1ccc(-c2nc(Cn3cc(C(F)(F)F)cc(Cl)c3=O)cs2)cc1OC. The summed E-state index contributed by atoms with van der Waals surface area (Å²) in [5.41, 5.74) is -0.503. The van der Waals surface area contributed by atoms with Gasteiger partial charge in [0, 0.05) is 17.1 Å². The molecule has 0 saturated carbocycles. The lowest BCUT2D eigenvalue weighted by Gasteiger charge is -2.11. The molecule has 0 aliphatic rings. The average molecular weight is 445 g/mol. The molecule has 0 saturated heterocycles. The predicted octanol–water partition coefficient (Wildman–Crippen LogP) is 5.10. The Morgan fingerprint density at radius 3 is 2.66 bits per heavy atom. The molecule has 29 heavy (non-hydrogen) atoms. The third kappa shape index (κ3) is 4.73. The van der Waals surface area contributed by atoms with Crippen LogP contribution in [0, 0.1) is 0 Å². The highest BCUT2D eigenvalue weighted by Gasteiger charge is 2.32. The first kappa shape index (κ1) is 21.2. The van der Waals surface area contributed by atoms with Crippen LogP contribution in [0.25, 0.3) is 10.6 Å². The first-order valence-corrected chi connectivity index (χ1v) is 9.71. The number of thiazole rings is 1. The molecule has 0 unspecified atom stereocenters. The summed E-state index contributed by atoms with van der Waals surface area (Å²) in [7, 11) is 1.53. The number of nitrogens with zero attached hydrogens (tertiary/aromatic N) is 2. The van der Waals surface area contributed by atoms with Crippen molar-refractivity contribution < 1.29 is 22.6 Å². The van der Waals surface area contributed by atoms with Crippen molar-refractivity contribution in [3.8, 4) is 22.1 Å².